The van der Waals surface area contributed by atoms with Crippen LogP contribution < -0.4 is 0 Å². The molecule has 0 bridgehead atoms. The van der Waals surface area contributed by atoms with E-state index in [2.05, 4.69) is 32.1 Å². The molecule has 6 aromatic rings. The van der Waals surface area contributed by atoms with Crippen molar-refractivity contribution >= 4 is 25.3 Å². The maximum Gasteiger partial charge on any atom is 2.00 e. The second kappa shape index (κ2) is 24.8. The van der Waals surface area contributed by atoms with E-state index in [0.29, 0.717) is 21.4 Å². The van der Waals surface area contributed by atoms with Crippen LogP contribution >= 0.6 is 0 Å². The third kappa shape index (κ3) is 16.2. The standard InChI is InChI=1S/2C11H6F2N.2C5H5NS.C2H6.2Pt/c2*12-8-4-5-9(10(13)7-8)11-3-1-2-6-14-11;2*7-5-3-1-2-4-6-5;1-2;;/h2*1-4,6-7H;2*1-4H,(H,6,7);1-2H3;;/q2*-1;;;;2*+2/p-2. The Morgan fingerprint density at radius 3 is 1.04 bits per heavy atom. The number of hydrogen-bond donors (Lipinski definition) is 0. The van der Waals surface area contributed by atoms with Gasteiger partial charge >= 0.3 is 42.1 Å². The number of halogens is 4. The van der Waals surface area contributed by atoms with Crippen LogP contribution in [-0.4, -0.2) is 19.9 Å². The monoisotopic (exact) mass is 1020 g/mol. The summed E-state index contributed by atoms with van der Waals surface area (Å²) in [5.41, 5.74) is 1.27. The van der Waals surface area contributed by atoms with Crippen molar-refractivity contribution in [3.63, 3.8) is 0 Å². The topological polar surface area (TPSA) is 51.6 Å². The van der Waals surface area contributed by atoms with Crippen LogP contribution in [0.4, 0.5) is 17.6 Å². The summed E-state index contributed by atoms with van der Waals surface area (Å²) in [6, 6.07) is 30.1. The average molecular weight is 1020 g/mol. The summed E-state index contributed by atoms with van der Waals surface area (Å²) in [6.07, 6.45) is 6.46. The minimum absolute atomic E-state index is 0. The van der Waals surface area contributed by atoms with Crippen molar-refractivity contribution in [1.29, 1.82) is 0 Å². The van der Waals surface area contributed by atoms with E-state index >= 15 is 0 Å². The van der Waals surface area contributed by atoms with Crippen LogP contribution in [0.25, 0.3) is 22.5 Å². The number of pyridine rings is 4. The SMILES string of the molecule is CC.Fc1c[c-]c(-c2ccccn2)c(F)c1.Fc1c[c-]c(-c2ccccn2)c(F)c1.[Pt+2].[Pt+2].[S-]c1ccccn1.[S-]c1ccccn1. The van der Waals surface area contributed by atoms with Crippen molar-refractivity contribution in [3.05, 3.63) is 157 Å². The van der Waals surface area contributed by atoms with Gasteiger partial charge in [-0.2, -0.15) is 0 Å². The van der Waals surface area contributed by atoms with Crippen molar-refractivity contribution in [2.75, 3.05) is 0 Å². The molecule has 0 unspecified atom stereocenters. The van der Waals surface area contributed by atoms with Gasteiger partial charge in [-0.15, -0.1) is 24.3 Å². The second-order valence-corrected chi connectivity index (χ2v) is 8.68. The molecule has 0 spiro atoms. The molecule has 0 atom stereocenters. The number of aromatic nitrogens is 4. The van der Waals surface area contributed by atoms with E-state index in [1.807, 2.05) is 38.1 Å². The molecule has 0 amide bonds. The van der Waals surface area contributed by atoms with Crippen molar-refractivity contribution in [3.8, 4) is 22.5 Å². The maximum absolute atomic E-state index is 13.2. The quantitative estimate of drug-likeness (QED) is 0.0985. The normalized spacial score (nSPS) is 8.91. The Morgan fingerprint density at radius 2 is 0.826 bits per heavy atom. The molecule has 0 saturated heterocycles. The van der Waals surface area contributed by atoms with E-state index in [9.17, 15) is 17.6 Å². The molecule has 242 valence electrons. The Bertz CT molecular complexity index is 1520. The molecule has 0 N–H and O–H groups in total. The van der Waals surface area contributed by atoms with Gasteiger partial charge in [0.25, 0.3) is 0 Å². The molecule has 0 saturated carbocycles. The average Bonchev–Trinajstić information content (AvgIpc) is 3.05. The van der Waals surface area contributed by atoms with Crippen LogP contribution in [0.1, 0.15) is 13.8 Å². The molecule has 12 heteroatoms. The molecule has 0 radical (unpaired) electrons. The van der Waals surface area contributed by atoms with Crippen LogP contribution in [0.5, 0.6) is 0 Å². The Kier molecular flexibility index (Phi) is 22.9. The Morgan fingerprint density at radius 1 is 0.500 bits per heavy atom. The molecule has 0 aliphatic carbocycles. The van der Waals surface area contributed by atoms with E-state index in [4.69, 9.17) is 25.3 Å². The molecule has 46 heavy (non-hydrogen) atoms. The van der Waals surface area contributed by atoms with E-state index in [1.54, 1.807) is 73.3 Å². The van der Waals surface area contributed by atoms with Gasteiger partial charge in [-0.05, 0) is 35.7 Å². The van der Waals surface area contributed by atoms with Gasteiger partial charge < -0.3 is 35.2 Å². The fourth-order valence-electron chi connectivity index (χ4n) is 3.00. The Hall–Kier alpha value is -3.42. The zero-order valence-electron chi connectivity index (χ0n) is 24.3. The van der Waals surface area contributed by atoms with Gasteiger partial charge in [0.05, 0.1) is 0 Å². The molecular formula is C34H26F4N4Pt2S2. The van der Waals surface area contributed by atoms with E-state index < -0.39 is 23.3 Å². The van der Waals surface area contributed by atoms with Gasteiger partial charge in [0.15, 0.2) is 0 Å². The minimum Gasteiger partial charge on any atom is -0.760 e. The molecule has 2 aromatic carbocycles. The molecule has 6 rings (SSSR count). The molecule has 0 aliphatic heterocycles. The first-order valence-corrected chi connectivity index (χ1v) is 13.9. The van der Waals surface area contributed by atoms with Gasteiger partial charge in [-0.25, -0.2) is 0 Å². The van der Waals surface area contributed by atoms with E-state index in [-0.39, 0.29) is 53.3 Å². The third-order valence-electron chi connectivity index (χ3n) is 4.83. The summed E-state index contributed by atoms with van der Waals surface area (Å²) in [5.74, 6) is -2.57. The van der Waals surface area contributed by atoms with Crippen LogP contribution in [0.2, 0.25) is 0 Å². The van der Waals surface area contributed by atoms with Crippen molar-refractivity contribution in [2.45, 2.75) is 23.9 Å². The van der Waals surface area contributed by atoms with Crippen LogP contribution in [0.15, 0.2) is 132 Å². The smallest absolute Gasteiger partial charge is 0.760 e. The first-order valence-electron chi connectivity index (χ1n) is 13.1. The fourth-order valence-corrected chi connectivity index (χ4v) is 3.28. The fraction of sp³-hybridized carbons (Fsp3) is 0.0588. The predicted octanol–water partition coefficient (Wildman–Crippen LogP) is 8.65. The molecule has 4 nitrogen and oxygen atoms in total. The summed E-state index contributed by atoms with van der Waals surface area (Å²) in [5, 5.41) is 1.31. The summed E-state index contributed by atoms with van der Waals surface area (Å²) in [4.78, 5) is 15.5. The van der Waals surface area contributed by atoms with Crippen LogP contribution in [0.3, 0.4) is 0 Å². The summed E-state index contributed by atoms with van der Waals surface area (Å²) in [7, 11) is 0. The number of nitrogens with zero attached hydrogens (tertiary/aromatic N) is 4. The van der Waals surface area contributed by atoms with Crippen LogP contribution in [-0.2, 0) is 67.4 Å². The Labute approximate surface area is 306 Å². The number of benzene rings is 2. The summed E-state index contributed by atoms with van der Waals surface area (Å²) in [6.45, 7) is 4.00. The zero-order valence-corrected chi connectivity index (χ0v) is 30.5. The molecule has 4 aromatic heterocycles. The molecular weight excluding hydrogens is 995 g/mol. The zero-order chi connectivity index (χ0) is 32.2. The van der Waals surface area contributed by atoms with Gasteiger partial charge in [0, 0.05) is 48.1 Å². The molecule has 4 heterocycles. The third-order valence-corrected chi connectivity index (χ3v) is 5.32. The summed E-state index contributed by atoms with van der Waals surface area (Å²) >= 11 is 9.40. The van der Waals surface area contributed by atoms with Gasteiger partial charge in [-0.1, -0.05) is 95.7 Å². The maximum atomic E-state index is 13.2. The summed E-state index contributed by atoms with van der Waals surface area (Å²) < 4.78 is 51.6. The van der Waals surface area contributed by atoms with E-state index in [0.717, 1.165) is 24.3 Å². The Balaban J connectivity index is 0.000000594. The largest absolute Gasteiger partial charge is 2.00 e. The van der Waals surface area contributed by atoms with Crippen molar-refractivity contribution in [1.82, 2.24) is 19.9 Å². The predicted molar refractivity (Wildman–Crippen MR) is 168 cm³/mol. The van der Waals surface area contributed by atoms with Crippen molar-refractivity contribution < 1.29 is 59.7 Å². The molecule has 0 fully saturated rings. The number of hydrogen-bond acceptors (Lipinski definition) is 6. The first-order chi connectivity index (χ1) is 21.3. The van der Waals surface area contributed by atoms with Gasteiger partial charge in [0.1, 0.15) is 0 Å². The van der Waals surface area contributed by atoms with E-state index in [1.165, 1.54) is 0 Å². The van der Waals surface area contributed by atoms with Gasteiger partial charge in [-0.3, -0.25) is 27.5 Å². The second-order valence-electron chi connectivity index (χ2n) is 7.85. The number of rotatable bonds is 2. The van der Waals surface area contributed by atoms with Gasteiger partial charge in [0.2, 0.25) is 0 Å². The first kappa shape index (κ1) is 42.6. The molecule has 0 aliphatic rings. The van der Waals surface area contributed by atoms with Crippen LogP contribution in [0, 0.1) is 35.4 Å². The minimum atomic E-state index is -0.649. The van der Waals surface area contributed by atoms with Crippen molar-refractivity contribution in [2.24, 2.45) is 0 Å².